The molecular formula is C13H15ClFNO3S. The smallest absolute Gasteiger partial charge is 0.243 e. The number of rotatable bonds is 2. The number of benzene rings is 1. The molecule has 3 rings (SSSR count). The minimum Gasteiger partial charge on any atom is -0.393 e. The second-order valence-corrected chi connectivity index (χ2v) is 7.67. The topological polar surface area (TPSA) is 57.6 Å². The number of hydrogen-bond acceptors (Lipinski definition) is 3. The summed E-state index contributed by atoms with van der Waals surface area (Å²) >= 11 is 5.67. The van der Waals surface area contributed by atoms with Gasteiger partial charge in [0.05, 0.1) is 16.0 Å². The van der Waals surface area contributed by atoms with E-state index in [0.717, 1.165) is 25.0 Å². The third kappa shape index (κ3) is 2.24. The molecule has 0 saturated carbocycles. The Bertz CT molecular complexity index is 623. The molecule has 2 fully saturated rings. The van der Waals surface area contributed by atoms with Gasteiger partial charge in [0, 0.05) is 12.1 Å². The predicted molar refractivity (Wildman–Crippen MR) is 72.5 cm³/mol. The van der Waals surface area contributed by atoms with Gasteiger partial charge < -0.3 is 5.11 Å². The molecular weight excluding hydrogens is 305 g/mol. The highest BCUT2D eigenvalue weighted by Gasteiger charge is 2.46. The van der Waals surface area contributed by atoms with Crippen molar-refractivity contribution in [2.45, 2.75) is 48.8 Å². The average molecular weight is 320 g/mol. The Labute approximate surface area is 122 Å². The first-order chi connectivity index (χ1) is 9.39. The van der Waals surface area contributed by atoms with Crippen LogP contribution in [0.5, 0.6) is 0 Å². The van der Waals surface area contributed by atoms with Crippen molar-refractivity contribution in [1.82, 2.24) is 4.31 Å². The van der Waals surface area contributed by atoms with E-state index in [4.69, 9.17) is 11.6 Å². The lowest BCUT2D eigenvalue weighted by atomic mass is 10.0. The Kier molecular flexibility index (Phi) is 3.52. The Balaban J connectivity index is 1.98. The summed E-state index contributed by atoms with van der Waals surface area (Å²) in [6, 6.07) is 3.11. The maximum Gasteiger partial charge on any atom is 0.243 e. The fourth-order valence-corrected chi connectivity index (χ4v) is 5.42. The van der Waals surface area contributed by atoms with Crippen molar-refractivity contribution < 1.29 is 17.9 Å². The normalized spacial score (nSPS) is 30.6. The van der Waals surface area contributed by atoms with Gasteiger partial charge in [0.15, 0.2) is 0 Å². The lowest BCUT2D eigenvalue weighted by Crippen LogP contribution is -2.47. The Morgan fingerprint density at radius 3 is 2.40 bits per heavy atom. The lowest BCUT2D eigenvalue weighted by molar-refractivity contribution is 0.0769. The largest absolute Gasteiger partial charge is 0.393 e. The van der Waals surface area contributed by atoms with Gasteiger partial charge >= 0.3 is 0 Å². The summed E-state index contributed by atoms with van der Waals surface area (Å²) < 4.78 is 40.0. The number of sulfonamides is 1. The zero-order valence-corrected chi connectivity index (χ0v) is 12.2. The van der Waals surface area contributed by atoms with Gasteiger partial charge in [0.2, 0.25) is 10.0 Å². The average Bonchev–Trinajstić information content (AvgIpc) is 2.66. The molecule has 20 heavy (non-hydrogen) atoms. The zero-order chi connectivity index (χ0) is 14.5. The summed E-state index contributed by atoms with van der Waals surface area (Å²) in [6.07, 6.45) is 2.01. The standard InChI is InChI=1S/C13H15ClFNO3S/c14-12-7-11(3-4-13(12)15)20(18,19)16-8-1-2-9(16)6-10(17)5-8/h3-4,7-10,17H,1-2,5-6H2. The number of fused-ring (bicyclic) bond motifs is 2. The SMILES string of the molecule is O=S(=O)(c1ccc(F)c(Cl)c1)N1C2CCC1CC(O)C2. The van der Waals surface area contributed by atoms with Gasteiger partial charge in [-0.1, -0.05) is 11.6 Å². The summed E-state index contributed by atoms with van der Waals surface area (Å²) in [7, 11) is -3.69. The van der Waals surface area contributed by atoms with Crippen LogP contribution in [0.4, 0.5) is 4.39 Å². The molecule has 0 radical (unpaired) electrons. The van der Waals surface area contributed by atoms with Crippen LogP contribution >= 0.6 is 11.6 Å². The highest BCUT2D eigenvalue weighted by atomic mass is 35.5. The fourth-order valence-electron chi connectivity index (χ4n) is 3.26. The number of halogens is 2. The molecule has 0 aliphatic carbocycles. The molecule has 1 aromatic carbocycles. The van der Waals surface area contributed by atoms with Crippen LogP contribution in [0.1, 0.15) is 25.7 Å². The second-order valence-electron chi connectivity index (χ2n) is 5.42. The van der Waals surface area contributed by atoms with Crippen molar-refractivity contribution in [3.05, 3.63) is 29.0 Å². The third-order valence-electron chi connectivity index (χ3n) is 4.11. The van der Waals surface area contributed by atoms with Crippen molar-refractivity contribution in [3.8, 4) is 0 Å². The van der Waals surface area contributed by atoms with Gasteiger partial charge in [-0.25, -0.2) is 12.8 Å². The van der Waals surface area contributed by atoms with Crippen molar-refractivity contribution in [2.75, 3.05) is 0 Å². The molecule has 2 unspecified atom stereocenters. The van der Waals surface area contributed by atoms with Crippen molar-refractivity contribution in [1.29, 1.82) is 0 Å². The lowest BCUT2D eigenvalue weighted by Gasteiger charge is -2.36. The van der Waals surface area contributed by atoms with Gasteiger partial charge in [0.1, 0.15) is 5.82 Å². The van der Waals surface area contributed by atoms with E-state index in [1.165, 1.54) is 10.4 Å². The zero-order valence-electron chi connectivity index (χ0n) is 10.7. The summed E-state index contributed by atoms with van der Waals surface area (Å²) in [5.74, 6) is -0.636. The van der Waals surface area contributed by atoms with E-state index in [9.17, 15) is 17.9 Å². The third-order valence-corrected chi connectivity index (χ3v) is 6.40. The highest BCUT2D eigenvalue weighted by molar-refractivity contribution is 7.89. The quantitative estimate of drug-likeness (QED) is 0.908. The molecule has 0 spiro atoms. The predicted octanol–water partition coefficient (Wildman–Crippen LogP) is 2.16. The molecule has 4 nitrogen and oxygen atoms in total. The van der Waals surface area contributed by atoms with Crippen LogP contribution in [-0.2, 0) is 10.0 Å². The first-order valence-corrected chi connectivity index (χ1v) is 8.38. The minimum atomic E-state index is -3.69. The Morgan fingerprint density at radius 1 is 1.25 bits per heavy atom. The molecule has 2 heterocycles. The summed E-state index contributed by atoms with van der Waals surface area (Å²) in [6.45, 7) is 0. The van der Waals surface area contributed by atoms with Gasteiger partial charge in [-0.2, -0.15) is 4.31 Å². The van der Waals surface area contributed by atoms with Gasteiger partial charge in [-0.3, -0.25) is 0 Å². The van der Waals surface area contributed by atoms with Crippen LogP contribution in [0.25, 0.3) is 0 Å². The summed E-state index contributed by atoms with van der Waals surface area (Å²) in [5.41, 5.74) is 0. The molecule has 7 heteroatoms. The first-order valence-electron chi connectivity index (χ1n) is 6.56. The van der Waals surface area contributed by atoms with Crippen LogP contribution in [0.15, 0.2) is 23.1 Å². The number of piperidine rings is 1. The van der Waals surface area contributed by atoms with E-state index >= 15 is 0 Å². The molecule has 2 aliphatic heterocycles. The monoisotopic (exact) mass is 319 g/mol. The minimum absolute atomic E-state index is 0.0113. The summed E-state index contributed by atoms with van der Waals surface area (Å²) in [4.78, 5) is 0.0113. The van der Waals surface area contributed by atoms with Crippen molar-refractivity contribution in [2.24, 2.45) is 0 Å². The van der Waals surface area contributed by atoms with E-state index in [-0.39, 0.29) is 22.0 Å². The Morgan fingerprint density at radius 2 is 1.85 bits per heavy atom. The highest BCUT2D eigenvalue weighted by Crippen LogP contribution is 2.40. The second kappa shape index (κ2) is 4.94. The molecule has 2 bridgehead atoms. The molecule has 1 aromatic rings. The van der Waals surface area contributed by atoms with Crippen molar-refractivity contribution in [3.63, 3.8) is 0 Å². The number of aliphatic hydroxyl groups is 1. The van der Waals surface area contributed by atoms with Crippen LogP contribution in [-0.4, -0.2) is 36.0 Å². The number of hydrogen-bond donors (Lipinski definition) is 1. The molecule has 2 saturated heterocycles. The van der Waals surface area contributed by atoms with E-state index in [1.54, 1.807) is 0 Å². The fraction of sp³-hybridized carbons (Fsp3) is 0.538. The van der Waals surface area contributed by atoms with E-state index in [2.05, 4.69) is 0 Å². The van der Waals surface area contributed by atoms with Gasteiger partial charge in [-0.15, -0.1) is 0 Å². The number of nitrogens with zero attached hydrogens (tertiary/aromatic N) is 1. The van der Waals surface area contributed by atoms with Gasteiger partial charge in [0.25, 0.3) is 0 Å². The molecule has 2 atom stereocenters. The first kappa shape index (κ1) is 14.3. The van der Waals surface area contributed by atoms with E-state index < -0.39 is 21.9 Å². The Hall–Kier alpha value is -0.690. The van der Waals surface area contributed by atoms with Crippen molar-refractivity contribution >= 4 is 21.6 Å². The number of aliphatic hydroxyl groups excluding tert-OH is 1. The van der Waals surface area contributed by atoms with E-state index in [0.29, 0.717) is 12.8 Å². The van der Waals surface area contributed by atoms with Crippen LogP contribution < -0.4 is 0 Å². The molecule has 1 N–H and O–H groups in total. The summed E-state index contributed by atoms with van der Waals surface area (Å²) in [5, 5.41) is 9.53. The molecule has 0 amide bonds. The molecule has 0 aromatic heterocycles. The van der Waals surface area contributed by atoms with Crippen LogP contribution in [0.3, 0.4) is 0 Å². The van der Waals surface area contributed by atoms with Crippen LogP contribution in [0.2, 0.25) is 5.02 Å². The van der Waals surface area contributed by atoms with E-state index in [1.807, 2.05) is 0 Å². The van der Waals surface area contributed by atoms with Crippen LogP contribution in [0, 0.1) is 5.82 Å². The molecule has 2 aliphatic rings. The maximum atomic E-state index is 13.2. The van der Waals surface area contributed by atoms with Gasteiger partial charge in [-0.05, 0) is 43.9 Å². The molecule has 110 valence electrons. The maximum absolute atomic E-state index is 13.2.